The minimum atomic E-state index is -4.35. The highest BCUT2D eigenvalue weighted by Gasteiger charge is 2.30. The van der Waals surface area contributed by atoms with Gasteiger partial charge in [-0.25, -0.2) is 4.98 Å². The number of hydrogen-bond acceptors (Lipinski definition) is 3. The molecule has 3 nitrogen and oxygen atoms in total. The van der Waals surface area contributed by atoms with Crippen LogP contribution in [-0.4, -0.2) is 10.6 Å². The molecule has 2 aromatic rings. The summed E-state index contributed by atoms with van der Waals surface area (Å²) in [5.74, 6) is 0.864. The zero-order valence-corrected chi connectivity index (χ0v) is 12.9. The molecule has 0 saturated heterocycles. The molecule has 0 bridgehead atoms. The Bertz CT molecular complexity index is 637. The Morgan fingerprint density at radius 3 is 2.18 bits per heavy atom. The first-order chi connectivity index (χ1) is 10.1. The number of nitrogens with zero attached hydrogens (tertiary/aromatic N) is 1. The first-order valence-corrected chi connectivity index (χ1v) is 6.84. The second-order valence-electron chi connectivity index (χ2n) is 6.00. The van der Waals surface area contributed by atoms with Crippen molar-refractivity contribution >= 4 is 0 Å². The summed E-state index contributed by atoms with van der Waals surface area (Å²) in [7, 11) is 0. The maximum absolute atomic E-state index is 12.5. The lowest BCUT2D eigenvalue weighted by atomic mass is 10.1. The quantitative estimate of drug-likeness (QED) is 0.801. The van der Waals surface area contributed by atoms with Gasteiger partial charge in [-0.05, 0) is 52.0 Å². The van der Waals surface area contributed by atoms with Gasteiger partial charge < -0.3 is 9.15 Å². The lowest BCUT2D eigenvalue weighted by Gasteiger charge is -2.18. The Balaban J connectivity index is 2.20. The fourth-order valence-electron chi connectivity index (χ4n) is 1.77. The van der Waals surface area contributed by atoms with Gasteiger partial charge in [-0.1, -0.05) is 0 Å². The molecule has 0 unspecified atom stereocenters. The Morgan fingerprint density at radius 1 is 1.09 bits per heavy atom. The van der Waals surface area contributed by atoms with Gasteiger partial charge in [0, 0.05) is 5.56 Å². The molecule has 1 aromatic carbocycles. The molecule has 0 amide bonds. The van der Waals surface area contributed by atoms with Crippen LogP contribution in [0, 0.1) is 6.92 Å². The van der Waals surface area contributed by atoms with Gasteiger partial charge in [-0.2, -0.15) is 13.2 Å². The summed E-state index contributed by atoms with van der Waals surface area (Å²) in [5.41, 5.74) is 0.154. The number of hydrogen-bond donors (Lipinski definition) is 0. The molecule has 0 aliphatic rings. The third-order valence-corrected chi connectivity index (χ3v) is 2.99. The van der Waals surface area contributed by atoms with Crippen LogP contribution >= 0.6 is 0 Å². The molecule has 0 atom stereocenters. The van der Waals surface area contributed by atoms with Crippen LogP contribution in [0.3, 0.4) is 0 Å². The van der Waals surface area contributed by atoms with Crippen molar-refractivity contribution in [1.29, 1.82) is 0 Å². The SMILES string of the molecule is Cc1nc(-c2ccc(C(F)(F)F)cc2)oc1COC(C)(C)C. The zero-order chi connectivity index (χ0) is 16.5. The maximum atomic E-state index is 12.5. The number of alkyl halides is 3. The maximum Gasteiger partial charge on any atom is 0.416 e. The molecule has 0 spiro atoms. The van der Waals surface area contributed by atoms with Crippen molar-refractivity contribution in [3.8, 4) is 11.5 Å². The smallest absolute Gasteiger partial charge is 0.416 e. The Kier molecular flexibility index (Phi) is 4.33. The van der Waals surface area contributed by atoms with Crippen LogP contribution in [0.5, 0.6) is 0 Å². The predicted molar refractivity (Wildman–Crippen MR) is 76.2 cm³/mol. The van der Waals surface area contributed by atoms with Crippen LogP contribution in [0.15, 0.2) is 28.7 Å². The normalized spacial score (nSPS) is 12.7. The van der Waals surface area contributed by atoms with Crippen LogP contribution in [0.1, 0.15) is 37.8 Å². The summed E-state index contributed by atoms with van der Waals surface area (Å²) in [6, 6.07) is 4.73. The Morgan fingerprint density at radius 2 is 1.68 bits per heavy atom. The second kappa shape index (κ2) is 5.76. The number of benzene rings is 1. The van der Waals surface area contributed by atoms with Crippen LogP contribution in [-0.2, 0) is 17.5 Å². The van der Waals surface area contributed by atoms with Gasteiger partial charge in [0.05, 0.1) is 16.9 Å². The minimum absolute atomic E-state index is 0.267. The standard InChI is InChI=1S/C16H18F3NO2/c1-10-13(9-21-15(2,3)4)22-14(20-10)11-5-7-12(8-6-11)16(17,18)19/h5-8H,9H2,1-4H3. The van der Waals surface area contributed by atoms with E-state index in [2.05, 4.69) is 4.98 Å². The number of aryl methyl sites for hydroxylation is 1. The number of oxazole rings is 1. The first kappa shape index (κ1) is 16.5. The molecule has 0 fully saturated rings. The highest BCUT2D eigenvalue weighted by Crippen LogP contribution is 2.31. The summed E-state index contributed by atoms with van der Waals surface area (Å²) in [6.07, 6.45) is -4.35. The van der Waals surface area contributed by atoms with Crippen molar-refractivity contribution in [2.45, 2.75) is 46.1 Å². The van der Waals surface area contributed by atoms with Crippen LogP contribution in [0.25, 0.3) is 11.5 Å². The van der Waals surface area contributed by atoms with Gasteiger partial charge >= 0.3 is 6.18 Å². The van der Waals surface area contributed by atoms with Crippen LogP contribution < -0.4 is 0 Å². The van der Waals surface area contributed by atoms with E-state index in [1.807, 2.05) is 20.8 Å². The molecule has 0 saturated carbocycles. The van der Waals surface area contributed by atoms with Gasteiger partial charge in [0.2, 0.25) is 5.89 Å². The summed E-state index contributed by atoms with van der Waals surface area (Å²) in [5, 5.41) is 0. The topological polar surface area (TPSA) is 35.3 Å². The second-order valence-corrected chi connectivity index (χ2v) is 6.00. The van der Waals surface area contributed by atoms with Crippen molar-refractivity contribution < 1.29 is 22.3 Å². The van der Waals surface area contributed by atoms with Crippen molar-refractivity contribution in [2.24, 2.45) is 0 Å². The predicted octanol–water partition coefficient (Wildman–Crippen LogP) is 4.98. The van der Waals surface area contributed by atoms with Crippen molar-refractivity contribution in [3.05, 3.63) is 41.3 Å². The summed E-state index contributed by atoms with van der Waals surface area (Å²) in [6.45, 7) is 7.82. The van der Waals surface area contributed by atoms with Crippen LogP contribution in [0.4, 0.5) is 13.2 Å². The highest BCUT2D eigenvalue weighted by molar-refractivity contribution is 5.54. The monoisotopic (exact) mass is 313 g/mol. The fourth-order valence-corrected chi connectivity index (χ4v) is 1.77. The summed E-state index contributed by atoms with van der Waals surface area (Å²) < 4.78 is 48.9. The third kappa shape index (κ3) is 4.10. The van der Waals surface area contributed by atoms with Crippen LogP contribution in [0.2, 0.25) is 0 Å². The van der Waals surface area contributed by atoms with Crippen molar-refractivity contribution in [3.63, 3.8) is 0 Å². The molecule has 0 aliphatic carbocycles. The number of aromatic nitrogens is 1. The molecular weight excluding hydrogens is 295 g/mol. The van der Waals surface area contributed by atoms with Crippen molar-refractivity contribution in [2.75, 3.05) is 0 Å². The minimum Gasteiger partial charge on any atom is -0.438 e. The largest absolute Gasteiger partial charge is 0.438 e. The molecule has 1 aromatic heterocycles. The van der Waals surface area contributed by atoms with E-state index in [-0.39, 0.29) is 12.2 Å². The van der Waals surface area contributed by atoms with Crippen molar-refractivity contribution in [1.82, 2.24) is 4.98 Å². The highest BCUT2D eigenvalue weighted by atomic mass is 19.4. The zero-order valence-electron chi connectivity index (χ0n) is 12.9. The first-order valence-electron chi connectivity index (χ1n) is 6.84. The number of halogens is 3. The molecule has 0 radical (unpaired) electrons. The molecule has 6 heteroatoms. The van der Waals surface area contributed by atoms with Gasteiger partial charge in [0.1, 0.15) is 6.61 Å². The van der Waals surface area contributed by atoms with Gasteiger partial charge in [0.15, 0.2) is 5.76 Å². The van der Waals surface area contributed by atoms with E-state index in [4.69, 9.17) is 9.15 Å². The van der Waals surface area contributed by atoms with Gasteiger partial charge in [-0.15, -0.1) is 0 Å². The molecule has 0 N–H and O–H groups in total. The van der Waals surface area contributed by atoms with Gasteiger partial charge in [0.25, 0.3) is 0 Å². The van der Waals surface area contributed by atoms with E-state index in [0.29, 0.717) is 22.9 Å². The molecular formula is C16H18F3NO2. The van der Waals surface area contributed by atoms with E-state index in [1.165, 1.54) is 12.1 Å². The van der Waals surface area contributed by atoms with E-state index >= 15 is 0 Å². The molecule has 120 valence electrons. The fraction of sp³-hybridized carbons (Fsp3) is 0.438. The average molecular weight is 313 g/mol. The average Bonchev–Trinajstić information content (AvgIpc) is 2.76. The van der Waals surface area contributed by atoms with E-state index in [0.717, 1.165) is 12.1 Å². The molecule has 1 heterocycles. The molecule has 2 rings (SSSR count). The van der Waals surface area contributed by atoms with E-state index in [1.54, 1.807) is 6.92 Å². The Labute approximate surface area is 127 Å². The van der Waals surface area contributed by atoms with E-state index < -0.39 is 11.7 Å². The van der Waals surface area contributed by atoms with Gasteiger partial charge in [-0.3, -0.25) is 0 Å². The Hall–Kier alpha value is -1.82. The lowest BCUT2D eigenvalue weighted by molar-refractivity contribution is -0.137. The number of rotatable bonds is 3. The third-order valence-electron chi connectivity index (χ3n) is 2.99. The summed E-state index contributed by atoms with van der Waals surface area (Å²) >= 11 is 0. The molecule has 0 aliphatic heterocycles. The summed E-state index contributed by atoms with van der Waals surface area (Å²) in [4.78, 5) is 4.25. The van der Waals surface area contributed by atoms with E-state index in [9.17, 15) is 13.2 Å². The lowest BCUT2D eigenvalue weighted by Crippen LogP contribution is -2.18. The molecule has 22 heavy (non-hydrogen) atoms. The number of ether oxygens (including phenoxy) is 1.